The minimum atomic E-state index is -0.589. The predicted molar refractivity (Wildman–Crippen MR) is 115 cm³/mol. The van der Waals surface area contributed by atoms with E-state index in [-0.39, 0.29) is 5.91 Å². The second kappa shape index (κ2) is 8.36. The van der Waals surface area contributed by atoms with Gasteiger partial charge in [0.05, 0.1) is 6.21 Å². The van der Waals surface area contributed by atoms with Crippen LogP contribution in [0.5, 0.6) is 0 Å². The highest BCUT2D eigenvalue weighted by molar-refractivity contribution is 6.03. The zero-order valence-corrected chi connectivity index (χ0v) is 16.9. The molecule has 0 bridgehead atoms. The number of hydrogen-bond acceptors (Lipinski definition) is 6. The van der Waals surface area contributed by atoms with E-state index in [2.05, 4.69) is 20.8 Å². The van der Waals surface area contributed by atoms with Crippen LogP contribution in [0.25, 0.3) is 0 Å². The van der Waals surface area contributed by atoms with Crippen LogP contribution in [-0.4, -0.2) is 59.7 Å². The van der Waals surface area contributed by atoms with Crippen molar-refractivity contribution >= 4 is 24.1 Å². The van der Waals surface area contributed by atoms with Crippen molar-refractivity contribution in [3.8, 4) is 0 Å². The van der Waals surface area contributed by atoms with Crippen molar-refractivity contribution in [1.82, 2.24) is 20.5 Å². The summed E-state index contributed by atoms with van der Waals surface area (Å²) in [5.41, 5.74) is 6.25. The summed E-state index contributed by atoms with van der Waals surface area (Å²) in [4.78, 5) is 32.5. The summed E-state index contributed by atoms with van der Waals surface area (Å²) in [7, 11) is 1.64. The number of carbonyl (C=O) groups is 2. The number of nitrogens with one attached hydrogen (secondary N) is 2. The summed E-state index contributed by atoms with van der Waals surface area (Å²) in [6.45, 7) is 2.59. The summed E-state index contributed by atoms with van der Waals surface area (Å²) in [6.07, 6.45) is 1.85. The number of carbonyl (C=O) groups excluding carboxylic acids is 2. The minimum absolute atomic E-state index is 0.348. The molecule has 2 atom stereocenters. The molecule has 0 radical (unpaired) electrons. The minimum Gasteiger partial charge on any atom is -0.325 e. The second-order valence-electron chi connectivity index (χ2n) is 7.43. The number of amides is 3. The molecule has 2 aliphatic heterocycles. The van der Waals surface area contributed by atoms with Crippen LogP contribution >= 0.6 is 0 Å². The summed E-state index contributed by atoms with van der Waals surface area (Å²) in [5.74, 6) is 0.125. The van der Waals surface area contributed by atoms with Gasteiger partial charge in [0.2, 0.25) is 5.96 Å². The first-order valence-electron chi connectivity index (χ1n) is 9.85. The number of rotatable bonds is 5. The van der Waals surface area contributed by atoms with Gasteiger partial charge in [0.15, 0.2) is 12.2 Å². The van der Waals surface area contributed by atoms with Gasteiger partial charge in [-0.3, -0.25) is 10.1 Å². The number of hydrogen-bond donors (Lipinski definition) is 2. The Labute approximate surface area is 175 Å². The highest BCUT2D eigenvalue weighted by atomic mass is 16.2. The first-order chi connectivity index (χ1) is 14.5. The van der Waals surface area contributed by atoms with Gasteiger partial charge in [-0.2, -0.15) is 5.10 Å². The molecular weight excluding hydrogens is 380 g/mol. The molecule has 154 valence electrons. The topological polar surface area (TPSA) is 89.4 Å². The summed E-state index contributed by atoms with van der Waals surface area (Å²) in [6, 6.07) is 17.0. The lowest BCUT2D eigenvalue weighted by Crippen LogP contribution is -2.64. The second-order valence-corrected chi connectivity index (χ2v) is 7.43. The zero-order valence-electron chi connectivity index (χ0n) is 16.9. The lowest BCUT2D eigenvalue weighted by Gasteiger charge is -2.36. The Kier molecular flexibility index (Phi) is 5.47. The lowest BCUT2D eigenvalue weighted by atomic mass is 10.1. The van der Waals surface area contributed by atoms with Crippen molar-refractivity contribution in [2.45, 2.75) is 25.6 Å². The molecule has 0 aliphatic carbocycles. The molecule has 8 heteroatoms. The number of aliphatic imine (C=N–C) groups is 1. The number of imide groups is 1. The van der Waals surface area contributed by atoms with Crippen LogP contribution in [-0.2, 0) is 11.2 Å². The van der Waals surface area contributed by atoms with E-state index in [9.17, 15) is 9.59 Å². The van der Waals surface area contributed by atoms with Gasteiger partial charge in [0, 0.05) is 13.6 Å². The predicted octanol–water partition coefficient (Wildman–Crippen LogP) is 1.71. The number of likely N-dealkylation sites (N-methyl/N-ethyl adjacent to an activating group) is 1. The number of hydrazone groups is 1. The first-order valence-corrected chi connectivity index (χ1v) is 9.85. The van der Waals surface area contributed by atoms with Crippen LogP contribution in [0.1, 0.15) is 16.7 Å². The number of fused-ring (bicyclic) bond motifs is 1. The Hall–Kier alpha value is -3.68. The van der Waals surface area contributed by atoms with Gasteiger partial charge in [-0.25, -0.2) is 15.2 Å². The Balaban J connectivity index is 1.53. The normalized spacial score (nSPS) is 20.9. The van der Waals surface area contributed by atoms with Crippen molar-refractivity contribution in [3.63, 3.8) is 0 Å². The molecule has 2 aromatic carbocycles. The molecule has 2 aromatic rings. The Morgan fingerprint density at radius 3 is 2.60 bits per heavy atom. The van der Waals surface area contributed by atoms with Gasteiger partial charge >= 0.3 is 6.03 Å². The fourth-order valence-corrected chi connectivity index (χ4v) is 3.58. The van der Waals surface area contributed by atoms with Crippen molar-refractivity contribution in [3.05, 3.63) is 71.3 Å². The van der Waals surface area contributed by atoms with E-state index in [1.165, 1.54) is 10.5 Å². The molecule has 1 fully saturated rings. The molecule has 4 rings (SSSR count). The third kappa shape index (κ3) is 4.03. The molecule has 2 N–H and O–H groups in total. The summed E-state index contributed by atoms with van der Waals surface area (Å²) in [5, 5.41) is 6.71. The average Bonchev–Trinajstić information content (AvgIpc) is 3.12. The molecule has 1 saturated heterocycles. The van der Waals surface area contributed by atoms with E-state index in [0.29, 0.717) is 12.5 Å². The van der Waals surface area contributed by atoms with Crippen LogP contribution < -0.4 is 10.7 Å². The van der Waals surface area contributed by atoms with Gasteiger partial charge in [0.1, 0.15) is 0 Å². The maximum atomic E-state index is 12.6. The molecule has 0 saturated carbocycles. The molecule has 8 nitrogen and oxygen atoms in total. The smallest absolute Gasteiger partial charge is 0.325 e. The number of urea groups is 1. The molecule has 3 amide bonds. The summed E-state index contributed by atoms with van der Waals surface area (Å²) < 4.78 is 0. The van der Waals surface area contributed by atoms with Crippen LogP contribution in [0, 0.1) is 6.92 Å². The van der Waals surface area contributed by atoms with E-state index in [1.54, 1.807) is 13.3 Å². The zero-order chi connectivity index (χ0) is 21.1. The number of benzene rings is 2. The molecule has 2 heterocycles. The van der Waals surface area contributed by atoms with Crippen LogP contribution in [0.2, 0.25) is 0 Å². The van der Waals surface area contributed by atoms with Crippen LogP contribution in [0.3, 0.4) is 0 Å². The Bertz CT molecular complexity index is 986. The molecular formula is C22H24N6O2. The molecule has 30 heavy (non-hydrogen) atoms. The van der Waals surface area contributed by atoms with Gasteiger partial charge in [-0.05, 0) is 24.5 Å². The molecule has 2 unspecified atom stereocenters. The largest absolute Gasteiger partial charge is 0.325 e. The molecule has 2 aliphatic rings. The summed E-state index contributed by atoms with van der Waals surface area (Å²) >= 11 is 0. The van der Waals surface area contributed by atoms with Gasteiger partial charge in [-0.1, -0.05) is 60.2 Å². The van der Waals surface area contributed by atoms with Gasteiger partial charge < -0.3 is 9.80 Å². The van der Waals surface area contributed by atoms with Crippen LogP contribution in [0.15, 0.2) is 64.7 Å². The fourth-order valence-electron chi connectivity index (χ4n) is 3.58. The fraction of sp³-hybridized carbons (Fsp3) is 0.273. The average molecular weight is 404 g/mol. The van der Waals surface area contributed by atoms with Crippen LogP contribution in [0.4, 0.5) is 4.79 Å². The van der Waals surface area contributed by atoms with E-state index in [0.717, 1.165) is 17.5 Å². The lowest BCUT2D eigenvalue weighted by molar-refractivity contribution is -0.127. The van der Waals surface area contributed by atoms with Crippen molar-refractivity contribution < 1.29 is 9.59 Å². The van der Waals surface area contributed by atoms with Crippen molar-refractivity contribution in [2.75, 3.05) is 13.6 Å². The number of aryl methyl sites for hydroxylation is 1. The van der Waals surface area contributed by atoms with Crippen molar-refractivity contribution in [2.24, 2.45) is 10.1 Å². The highest BCUT2D eigenvalue weighted by Gasteiger charge is 2.48. The maximum Gasteiger partial charge on any atom is 0.325 e. The van der Waals surface area contributed by atoms with Gasteiger partial charge in [0.25, 0.3) is 5.91 Å². The van der Waals surface area contributed by atoms with E-state index < -0.39 is 18.2 Å². The standard InChI is InChI=1S/C22H24N6O2/c1-15-8-10-17(11-9-15)14-23-26-21-24-19-18(20(29)25-22(30)27(19)2)28(21)13-12-16-6-4-3-5-7-16/h3-11,14,18-19H,12-13H2,1-2H3,(H,24,26)(H,25,29,30)/b23-14+. The molecule has 0 aromatic heterocycles. The Morgan fingerprint density at radius 1 is 1.13 bits per heavy atom. The van der Waals surface area contributed by atoms with E-state index >= 15 is 0 Å². The highest BCUT2D eigenvalue weighted by Crippen LogP contribution is 2.23. The quantitative estimate of drug-likeness (QED) is 0.587. The third-order valence-electron chi connectivity index (χ3n) is 5.30. The van der Waals surface area contributed by atoms with E-state index in [4.69, 9.17) is 0 Å². The monoisotopic (exact) mass is 404 g/mol. The number of guanidine groups is 1. The SMILES string of the molecule is Cc1ccc(/C=N/NC2=NC3C(C(=O)NC(=O)N3C)N2CCc2ccccc2)cc1. The van der Waals surface area contributed by atoms with Crippen molar-refractivity contribution in [1.29, 1.82) is 0 Å². The molecule has 0 spiro atoms. The third-order valence-corrected chi connectivity index (χ3v) is 5.30. The first kappa shape index (κ1) is 19.6. The van der Waals surface area contributed by atoms with Gasteiger partial charge in [-0.15, -0.1) is 0 Å². The Morgan fingerprint density at radius 2 is 1.87 bits per heavy atom. The maximum absolute atomic E-state index is 12.6. The van der Waals surface area contributed by atoms with E-state index in [1.807, 2.05) is 66.4 Å². The number of nitrogens with zero attached hydrogens (tertiary/aromatic N) is 4.